The number of benzene rings is 2. The highest BCUT2D eigenvalue weighted by atomic mass is 32.2. The van der Waals surface area contributed by atoms with Gasteiger partial charge in [-0.3, -0.25) is 4.90 Å². The molecule has 3 aromatic rings. The van der Waals surface area contributed by atoms with Crippen LogP contribution in [-0.2, 0) is 22.6 Å². The zero-order chi connectivity index (χ0) is 18.3. The molecule has 1 N–H and O–H groups in total. The summed E-state index contributed by atoms with van der Waals surface area (Å²) in [5.41, 5.74) is 6.85. The van der Waals surface area contributed by atoms with Crippen molar-refractivity contribution in [2.45, 2.75) is 30.7 Å². The molecule has 1 aliphatic heterocycles. The normalized spacial score (nSPS) is 18.8. The van der Waals surface area contributed by atoms with Crippen LogP contribution in [0, 0.1) is 4.78 Å². The molecule has 0 unspecified atom stereocenters. The number of hydrogen-bond acceptors (Lipinski definition) is 5. The van der Waals surface area contributed by atoms with E-state index >= 15 is 0 Å². The summed E-state index contributed by atoms with van der Waals surface area (Å²) >= 11 is 1.68. The Morgan fingerprint density at radius 2 is 1.92 bits per heavy atom. The highest BCUT2D eigenvalue weighted by molar-refractivity contribution is 7.91. The molecule has 0 saturated carbocycles. The fraction of sp³-hybridized carbons (Fsp3) is 0.350. The van der Waals surface area contributed by atoms with Gasteiger partial charge in [-0.05, 0) is 60.7 Å². The van der Waals surface area contributed by atoms with Crippen LogP contribution >= 0.6 is 11.3 Å². The first-order chi connectivity index (χ1) is 12.4. The summed E-state index contributed by atoms with van der Waals surface area (Å²) in [4.78, 5) is 7.60. The van der Waals surface area contributed by atoms with Gasteiger partial charge in [-0.1, -0.05) is 12.1 Å². The third-order valence-corrected chi connectivity index (χ3v) is 7.31. The second kappa shape index (κ2) is 6.76. The smallest absolute Gasteiger partial charge is 0.0815 e. The molecule has 2 aromatic carbocycles. The van der Waals surface area contributed by atoms with Crippen molar-refractivity contribution in [2.75, 3.05) is 19.3 Å². The summed E-state index contributed by atoms with van der Waals surface area (Å²) < 4.78 is 21.1. The molecular formula is C20H23N3OS2. The van der Waals surface area contributed by atoms with Crippen LogP contribution in [0.25, 0.3) is 10.2 Å². The topological polar surface area (TPSA) is 57.1 Å². The van der Waals surface area contributed by atoms with Crippen LogP contribution in [0.1, 0.15) is 29.7 Å². The lowest BCUT2D eigenvalue weighted by molar-refractivity contribution is 0.221. The zero-order valence-electron chi connectivity index (χ0n) is 15.1. The molecule has 6 heteroatoms. The Morgan fingerprint density at radius 3 is 2.69 bits per heavy atom. The number of fused-ring (bicyclic) bond motifs is 2. The van der Waals surface area contributed by atoms with E-state index in [-0.39, 0.29) is 0 Å². The maximum absolute atomic E-state index is 12.1. The molecule has 0 saturated heterocycles. The van der Waals surface area contributed by atoms with E-state index < -0.39 is 9.73 Å². The van der Waals surface area contributed by atoms with Gasteiger partial charge < -0.3 is 0 Å². The Morgan fingerprint density at radius 1 is 1.15 bits per heavy atom. The first-order valence-electron chi connectivity index (χ1n) is 8.84. The van der Waals surface area contributed by atoms with Crippen LogP contribution in [0.15, 0.2) is 46.8 Å². The molecule has 2 atom stereocenters. The van der Waals surface area contributed by atoms with E-state index in [1.54, 1.807) is 11.3 Å². The molecule has 0 bridgehead atoms. The summed E-state index contributed by atoms with van der Waals surface area (Å²) in [7, 11) is -2.66. The Hall–Kier alpha value is -1.76. The third-order valence-electron chi connectivity index (χ3n) is 5.35. The third kappa shape index (κ3) is 3.41. The van der Waals surface area contributed by atoms with E-state index in [4.69, 9.17) is 4.78 Å². The van der Waals surface area contributed by atoms with Gasteiger partial charge in [0.2, 0.25) is 0 Å². The molecule has 1 aromatic heterocycles. The van der Waals surface area contributed by atoms with Crippen molar-refractivity contribution < 1.29 is 4.21 Å². The number of hydrogen-bond donors (Lipinski definition) is 1. The van der Waals surface area contributed by atoms with Crippen LogP contribution in [-0.4, -0.2) is 33.4 Å². The Balaban J connectivity index is 1.56. The van der Waals surface area contributed by atoms with Crippen molar-refractivity contribution >= 4 is 31.3 Å². The first kappa shape index (κ1) is 17.6. The van der Waals surface area contributed by atoms with Crippen LogP contribution in [0.2, 0.25) is 0 Å². The number of aromatic nitrogens is 1. The Labute approximate surface area is 158 Å². The quantitative estimate of drug-likeness (QED) is 0.722. The Kier molecular flexibility index (Phi) is 4.59. The molecule has 0 radical (unpaired) electrons. The standard InChI is InChI=1S/C20H23N3OS2/c1-14(16-4-6-20-19(12-16)22-13-25-20)23-9-7-15-3-5-18(26(2,21)24)11-17(15)8-10-23/h3-6,11-14,21H,7-10H2,1-2H3/t14-,26-/m0/s1. The predicted octanol–water partition coefficient (Wildman–Crippen LogP) is 4.49. The summed E-state index contributed by atoms with van der Waals surface area (Å²) in [6.45, 7) is 4.23. The second-order valence-corrected chi connectivity index (χ2v) is 10.1. The molecule has 2 heterocycles. The molecule has 26 heavy (non-hydrogen) atoms. The van der Waals surface area contributed by atoms with Crippen molar-refractivity contribution in [3.63, 3.8) is 0 Å². The molecule has 4 nitrogen and oxygen atoms in total. The summed E-state index contributed by atoms with van der Waals surface area (Å²) in [6, 6.07) is 12.8. The average molecular weight is 386 g/mol. The highest BCUT2D eigenvalue weighted by Crippen LogP contribution is 2.28. The van der Waals surface area contributed by atoms with Gasteiger partial charge in [-0.15, -0.1) is 11.3 Å². The van der Waals surface area contributed by atoms with Crippen molar-refractivity contribution in [2.24, 2.45) is 0 Å². The van der Waals surface area contributed by atoms with Gasteiger partial charge in [0.1, 0.15) is 0 Å². The second-order valence-electron chi connectivity index (χ2n) is 7.07. The fourth-order valence-corrected chi connectivity index (χ4v) is 5.05. The van der Waals surface area contributed by atoms with Crippen LogP contribution < -0.4 is 0 Å². The van der Waals surface area contributed by atoms with E-state index in [0.717, 1.165) is 31.4 Å². The van der Waals surface area contributed by atoms with Crippen LogP contribution in [0.5, 0.6) is 0 Å². The molecule has 136 valence electrons. The summed E-state index contributed by atoms with van der Waals surface area (Å²) in [6.07, 6.45) is 3.41. The van der Waals surface area contributed by atoms with E-state index in [1.807, 2.05) is 17.6 Å². The number of nitrogens with zero attached hydrogens (tertiary/aromatic N) is 2. The van der Waals surface area contributed by atoms with Gasteiger partial charge in [0.15, 0.2) is 0 Å². The number of nitrogens with one attached hydrogen (secondary N) is 1. The lowest BCUT2D eigenvalue weighted by Crippen LogP contribution is -2.29. The number of thiazole rings is 1. The highest BCUT2D eigenvalue weighted by Gasteiger charge is 2.21. The minimum absolute atomic E-state index is 0.335. The molecule has 0 amide bonds. The molecule has 4 rings (SSSR count). The minimum Gasteiger partial charge on any atom is -0.296 e. The monoisotopic (exact) mass is 385 g/mol. The van der Waals surface area contributed by atoms with Gasteiger partial charge in [-0.2, -0.15) is 0 Å². The van der Waals surface area contributed by atoms with Gasteiger partial charge in [0, 0.05) is 30.3 Å². The van der Waals surface area contributed by atoms with Gasteiger partial charge in [0.05, 0.1) is 25.5 Å². The van der Waals surface area contributed by atoms with Crippen molar-refractivity contribution in [1.29, 1.82) is 4.78 Å². The maximum atomic E-state index is 12.1. The molecule has 0 spiro atoms. The van der Waals surface area contributed by atoms with Crippen molar-refractivity contribution in [3.05, 3.63) is 58.6 Å². The van der Waals surface area contributed by atoms with Gasteiger partial charge in [-0.25, -0.2) is 14.0 Å². The summed E-state index contributed by atoms with van der Waals surface area (Å²) in [5, 5.41) is 0. The van der Waals surface area contributed by atoms with Crippen molar-refractivity contribution in [1.82, 2.24) is 9.88 Å². The zero-order valence-corrected chi connectivity index (χ0v) is 16.7. The fourth-order valence-electron chi connectivity index (χ4n) is 3.69. The van der Waals surface area contributed by atoms with E-state index in [2.05, 4.69) is 41.1 Å². The Bertz CT molecular complexity index is 1060. The van der Waals surface area contributed by atoms with Gasteiger partial charge >= 0.3 is 0 Å². The SMILES string of the molecule is C[C@@H](c1ccc2scnc2c1)N1CCc2ccc([S@@](C)(=N)=O)cc2CC1. The van der Waals surface area contributed by atoms with E-state index in [1.165, 1.54) is 27.6 Å². The molecular weight excluding hydrogens is 362 g/mol. The van der Waals surface area contributed by atoms with Crippen molar-refractivity contribution in [3.8, 4) is 0 Å². The van der Waals surface area contributed by atoms with Gasteiger partial charge in [0.25, 0.3) is 0 Å². The van der Waals surface area contributed by atoms with Crippen LogP contribution in [0.4, 0.5) is 0 Å². The lowest BCUT2D eigenvalue weighted by Gasteiger charge is -2.28. The molecule has 0 fully saturated rings. The minimum atomic E-state index is -2.66. The number of rotatable bonds is 3. The summed E-state index contributed by atoms with van der Waals surface area (Å²) in [5.74, 6) is 0. The molecule has 1 aliphatic rings. The maximum Gasteiger partial charge on any atom is 0.0815 e. The van der Waals surface area contributed by atoms with Crippen LogP contribution in [0.3, 0.4) is 0 Å². The predicted molar refractivity (Wildman–Crippen MR) is 109 cm³/mol. The first-order valence-corrected chi connectivity index (χ1v) is 11.7. The largest absolute Gasteiger partial charge is 0.296 e. The molecule has 0 aliphatic carbocycles. The van der Waals surface area contributed by atoms with E-state index in [9.17, 15) is 4.21 Å². The average Bonchev–Trinajstić information content (AvgIpc) is 2.98. The van der Waals surface area contributed by atoms with E-state index in [0.29, 0.717) is 10.9 Å². The lowest BCUT2D eigenvalue weighted by atomic mass is 10.0.